The molecule has 0 bridgehead atoms. The summed E-state index contributed by atoms with van der Waals surface area (Å²) in [5.41, 5.74) is 1.35. The van der Waals surface area contributed by atoms with E-state index >= 15 is 0 Å². The number of anilines is 1. The number of halogens is 1. The number of rotatable bonds is 2. The van der Waals surface area contributed by atoms with Crippen LogP contribution in [0.2, 0.25) is 0 Å². The van der Waals surface area contributed by atoms with Gasteiger partial charge < -0.3 is 5.32 Å². The van der Waals surface area contributed by atoms with Gasteiger partial charge in [0.15, 0.2) is 0 Å². The molecule has 2 aromatic rings. The number of carbonyl (C=O) groups is 3. The van der Waals surface area contributed by atoms with Crippen LogP contribution in [0.15, 0.2) is 53.0 Å². The van der Waals surface area contributed by atoms with Crippen LogP contribution in [0, 0.1) is 11.8 Å². The fourth-order valence-electron chi connectivity index (χ4n) is 6.16. The summed E-state index contributed by atoms with van der Waals surface area (Å²) in [7, 11) is 0. The second-order valence-corrected chi connectivity index (χ2v) is 9.48. The molecule has 4 atom stereocenters. The molecule has 4 heterocycles. The van der Waals surface area contributed by atoms with E-state index in [1.54, 1.807) is 0 Å². The molecule has 0 unspecified atom stereocenters. The van der Waals surface area contributed by atoms with Gasteiger partial charge in [-0.1, -0.05) is 46.3 Å². The summed E-state index contributed by atoms with van der Waals surface area (Å²) in [5, 5.41) is 3.00. The fraction of sp³-hybridized carbons (Fsp3) is 0.348. The Labute approximate surface area is 182 Å². The SMILES string of the molecule is O=C1[C@H]2[C@@H](C(=O)N1Cc1ccccc1)[C@@]1(C(=O)Nc3ccc(Br)cc31)N1CCC[C@@H]21. The lowest BCUT2D eigenvalue weighted by atomic mass is 9.75. The highest BCUT2D eigenvalue weighted by Gasteiger charge is 2.74. The van der Waals surface area contributed by atoms with Crippen LogP contribution in [0.25, 0.3) is 0 Å². The predicted octanol–water partition coefficient (Wildman–Crippen LogP) is 2.88. The summed E-state index contributed by atoms with van der Waals surface area (Å²) in [6, 6.07) is 15.2. The van der Waals surface area contributed by atoms with Crippen LogP contribution in [0.4, 0.5) is 5.69 Å². The minimum absolute atomic E-state index is 0.0806. The van der Waals surface area contributed by atoms with Gasteiger partial charge in [0.05, 0.1) is 18.4 Å². The molecular weight excluding hydrogens is 446 g/mol. The zero-order valence-corrected chi connectivity index (χ0v) is 17.8. The number of imide groups is 1. The highest BCUT2D eigenvalue weighted by atomic mass is 79.9. The molecule has 6 rings (SSSR count). The molecule has 3 fully saturated rings. The molecule has 4 aliphatic rings. The van der Waals surface area contributed by atoms with Crippen LogP contribution in [0.1, 0.15) is 24.0 Å². The zero-order chi connectivity index (χ0) is 20.6. The summed E-state index contributed by atoms with van der Waals surface area (Å²) < 4.78 is 0.856. The zero-order valence-electron chi connectivity index (χ0n) is 16.2. The van der Waals surface area contributed by atoms with E-state index in [9.17, 15) is 14.4 Å². The van der Waals surface area contributed by atoms with E-state index in [0.717, 1.165) is 40.7 Å². The van der Waals surface area contributed by atoms with E-state index in [1.165, 1.54) is 4.90 Å². The van der Waals surface area contributed by atoms with E-state index in [-0.39, 0.29) is 30.3 Å². The maximum atomic E-state index is 13.7. The number of hydrogen-bond acceptors (Lipinski definition) is 4. The largest absolute Gasteiger partial charge is 0.324 e. The third kappa shape index (κ3) is 2.14. The van der Waals surface area contributed by atoms with Crippen LogP contribution in [-0.4, -0.2) is 40.1 Å². The van der Waals surface area contributed by atoms with Gasteiger partial charge in [0.2, 0.25) is 17.7 Å². The third-order valence-electron chi connectivity index (χ3n) is 7.23. The van der Waals surface area contributed by atoms with Crippen molar-refractivity contribution in [2.75, 3.05) is 11.9 Å². The molecule has 2 aromatic carbocycles. The number of nitrogens with one attached hydrogen (secondary N) is 1. The number of hydrogen-bond donors (Lipinski definition) is 1. The lowest BCUT2D eigenvalue weighted by Gasteiger charge is -2.36. The van der Waals surface area contributed by atoms with Gasteiger partial charge in [0, 0.05) is 21.8 Å². The molecule has 1 spiro atoms. The molecule has 0 aliphatic carbocycles. The first kappa shape index (κ1) is 18.3. The Morgan fingerprint density at radius 1 is 1.07 bits per heavy atom. The molecule has 7 heteroatoms. The molecular formula is C23H20BrN3O3. The number of nitrogens with zero attached hydrogens (tertiary/aromatic N) is 2. The van der Waals surface area contributed by atoms with Gasteiger partial charge in [-0.15, -0.1) is 0 Å². The quantitative estimate of drug-likeness (QED) is 0.692. The number of likely N-dealkylation sites (tertiary alicyclic amines) is 1. The number of fused-ring (bicyclic) bond motifs is 7. The van der Waals surface area contributed by atoms with Crippen molar-refractivity contribution in [3.05, 3.63) is 64.1 Å². The Bertz CT molecular complexity index is 1100. The maximum Gasteiger partial charge on any atom is 0.250 e. The molecule has 30 heavy (non-hydrogen) atoms. The lowest BCUT2D eigenvalue weighted by molar-refractivity contribution is -0.146. The first-order chi connectivity index (χ1) is 14.5. The van der Waals surface area contributed by atoms with Gasteiger partial charge in [-0.25, -0.2) is 0 Å². The number of carbonyl (C=O) groups excluding carboxylic acids is 3. The van der Waals surface area contributed by atoms with Crippen LogP contribution < -0.4 is 5.32 Å². The Hall–Kier alpha value is -2.51. The lowest BCUT2D eigenvalue weighted by Crippen LogP contribution is -2.54. The minimum atomic E-state index is -1.11. The van der Waals surface area contributed by atoms with E-state index in [1.807, 2.05) is 48.5 Å². The highest BCUT2D eigenvalue weighted by Crippen LogP contribution is 2.60. The smallest absolute Gasteiger partial charge is 0.250 e. The predicted molar refractivity (Wildman–Crippen MR) is 113 cm³/mol. The van der Waals surface area contributed by atoms with Crippen molar-refractivity contribution in [2.45, 2.75) is 31.0 Å². The summed E-state index contributed by atoms with van der Waals surface area (Å²) in [6.45, 7) is 0.970. The summed E-state index contributed by atoms with van der Waals surface area (Å²) in [6.07, 6.45) is 1.75. The van der Waals surface area contributed by atoms with Crippen molar-refractivity contribution < 1.29 is 14.4 Å². The Balaban J connectivity index is 1.50. The average Bonchev–Trinajstić information content (AvgIpc) is 3.44. The van der Waals surface area contributed by atoms with Gasteiger partial charge in [-0.05, 0) is 43.1 Å². The number of amides is 3. The first-order valence-corrected chi connectivity index (χ1v) is 11.1. The van der Waals surface area contributed by atoms with E-state index in [2.05, 4.69) is 26.1 Å². The second-order valence-electron chi connectivity index (χ2n) is 8.57. The van der Waals surface area contributed by atoms with E-state index < -0.39 is 17.4 Å². The summed E-state index contributed by atoms with van der Waals surface area (Å²) in [5.74, 6) is -1.71. The highest BCUT2D eigenvalue weighted by molar-refractivity contribution is 9.10. The normalized spacial score (nSPS) is 32.0. The van der Waals surface area contributed by atoms with Crippen molar-refractivity contribution in [2.24, 2.45) is 11.8 Å². The minimum Gasteiger partial charge on any atom is -0.324 e. The third-order valence-corrected chi connectivity index (χ3v) is 7.72. The Morgan fingerprint density at radius 2 is 1.87 bits per heavy atom. The average molecular weight is 466 g/mol. The molecule has 0 saturated carbocycles. The summed E-state index contributed by atoms with van der Waals surface area (Å²) in [4.78, 5) is 44.3. The van der Waals surface area contributed by atoms with Gasteiger partial charge >= 0.3 is 0 Å². The van der Waals surface area contributed by atoms with Crippen molar-refractivity contribution in [3.8, 4) is 0 Å². The molecule has 0 aromatic heterocycles. The van der Waals surface area contributed by atoms with Crippen LogP contribution in [0.5, 0.6) is 0 Å². The van der Waals surface area contributed by atoms with Gasteiger partial charge in [0.25, 0.3) is 0 Å². The molecule has 0 radical (unpaired) electrons. The van der Waals surface area contributed by atoms with E-state index in [0.29, 0.717) is 0 Å². The molecule has 3 amide bonds. The van der Waals surface area contributed by atoms with Gasteiger partial charge in [-0.2, -0.15) is 0 Å². The second kappa shape index (κ2) is 6.25. The monoisotopic (exact) mass is 465 g/mol. The van der Waals surface area contributed by atoms with Gasteiger partial charge in [-0.3, -0.25) is 24.2 Å². The molecule has 152 valence electrons. The van der Waals surface area contributed by atoms with Crippen LogP contribution in [0.3, 0.4) is 0 Å². The van der Waals surface area contributed by atoms with Crippen molar-refractivity contribution in [1.29, 1.82) is 0 Å². The molecule has 6 nitrogen and oxygen atoms in total. The molecule has 3 saturated heterocycles. The fourth-order valence-corrected chi connectivity index (χ4v) is 6.52. The maximum absolute atomic E-state index is 13.7. The topological polar surface area (TPSA) is 69.7 Å². The summed E-state index contributed by atoms with van der Waals surface area (Å²) >= 11 is 3.52. The first-order valence-electron chi connectivity index (χ1n) is 10.3. The van der Waals surface area contributed by atoms with Crippen molar-refractivity contribution >= 4 is 39.3 Å². The molecule has 1 N–H and O–H groups in total. The Morgan fingerprint density at radius 3 is 2.67 bits per heavy atom. The standard InChI is InChI=1S/C23H20BrN3O3/c24-14-8-9-16-15(11-14)23(22(30)25-16)19-18(17-7-4-10-27(17)23)20(28)26(21(19)29)12-13-5-2-1-3-6-13/h1-3,5-6,8-9,11,17-19H,4,7,10,12H2,(H,25,30)/t17-,18+,19-,23-/m0/s1. The van der Waals surface area contributed by atoms with Crippen molar-refractivity contribution in [3.63, 3.8) is 0 Å². The Kier molecular flexibility index (Phi) is 3.81. The van der Waals surface area contributed by atoms with Crippen LogP contribution >= 0.6 is 15.9 Å². The molecule has 4 aliphatic heterocycles. The van der Waals surface area contributed by atoms with Gasteiger partial charge in [0.1, 0.15) is 5.54 Å². The van der Waals surface area contributed by atoms with E-state index in [4.69, 9.17) is 0 Å². The van der Waals surface area contributed by atoms with Crippen LogP contribution in [-0.2, 0) is 26.5 Å². The van der Waals surface area contributed by atoms with Crippen molar-refractivity contribution in [1.82, 2.24) is 9.80 Å². The number of benzene rings is 2.